The summed E-state index contributed by atoms with van der Waals surface area (Å²) in [4.78, 5) is 25.7. The van der Waals surface area contributed by atoms with Crippen molar-refractivity contribution in [2.24, 2.45) is 0 Å². The molecule has 1 aliphatic rings. The van der Waals surface area contributed by atoms with E-state index in [9.17, 15) is 9.59 Å². The number of esters is 1. The van der Waals surface area contributed by atoms with Gasteiger partial charge >= 0.3 is 5.97 Å². The third kappa shape index (κ3) is 3.68. The summed E-state index contributed by atoms with van der Waals surface area (Å²) in [7, 11) is 0. The molecule has 120 valence electrons. The molecule has 1 heterocycles. The van der Waals surface area contributed by atoms with Gasteiger partial charge in [0.15, 0.2) is 6.61 Å². The lowest BCUT2D eigenvalue weighted by Crippen LogP contribution is -2.21. The number of hydrogen-bond donors (Lipinski definition) is 1. The number of rotatable bonds is 4. The van der Waals surface area contributed by atoms with Crippen LogP contribution in [0.15, 0.2) is 24.3 Å². The van der Waals surface area contributed by atoms with Crippen molar-refractivity contribution in [3.05, 3.63) is 49.6 Å². The maximum atomic E-state index is 12.0. The van der Waals surface area contributed by atoms with Gasteiger partial charge in [-0.2, -0.15) is 0 Å². The number of halogens is 2. The van der Waals surface area contributed by atoms with Crippen molar-refractivity contribution in [2.45, 2.75) is 19.3 Å². The Bertz CT molecular complexity index is 731. The van der Waals surface area contributed by atoms with Gasteiger partial charge in [0.05, 0.1) is 15.7 Å². The van der Waals surface area contributed by atoms with Crippen LogP contribution >= 0.6 is 34.5 Å². The number of anilines is 1. The number of benzene rings is 1. The number of fused-ring (bicyclic) bond motifs is 1. The van der Waals surface area contributed by atoms with Crippen LogP contribution in [0.1, 0.15) is 26.5 Å². The van der Waals surface area contributed by atoms with E-state index in [1.165, 1.54) is 21.8 Å². The number of aryl methyl sites for hydroxylation is 2. The van der Waals surface area contributed by atoms with Crippen LogP contribution < -0.4 is 5.32 Å². The number of nitrogens with one attached hydrogen (secondary N) is 1. The van der Waals surface area contributed by atoms with Gasteiger partial charge < -0.3 is 10.1 Å². The first-order chi connectivity index (χ1) is 11.0. The van der Waals surface area contributed by atoms with Gasteiger partial charge in [0.2, 0.25) is 0 Å². The standard InChI is InChI=1S/C16H13Cl2NO3S/c17-10-4-2-5-11(18)15(10)19-14(20)8-22-16(21)13-7-9-3-1-6-12(9)23-13/h2,4-5,7H,1,3,6,8H2,(H,19,20). The molecule has 0 radical (unpaired) electrons. The molecule has 4 nitrogen and oxygen atoms in total. The molecule has 1 aliphatic carbocycles. The molecule has 23 heavy (non-hydrogen) atoms. The van der Waals surface area contributed by atoms with Crippen molar-refractivity contribution in [1.29, 1.82) is 0 Å². The van der Waals surface area contributed by atoms with Crippen LogP contribution in [0.4, 0.5) is 5.69 Å². The molecule has 7 heteroatoms. The predicted octanol–water partition coefficient (Wildman–Crippen LogP) is 4.34. The Balaban J connectivity index is 1.57. The molecular weight excluding hydrogens is 357 g/mol. The minimum Gasteiger partial charge on any atom is -0.451 e. The second kappa shape index (κ2) is 6.91. The number of para-hydroxylation sites is 1. The van der Waals surface area contributed by atoms with Gasteiger partial charge in [-0.1, -0.05) is 29.3 Å². The second-order valence-corrected chi connectivity index (χ2v) is 7.08. The van der Waals surface area contributed by atoms with Crippen LogP contribution in [0, 0.1) is 0 Å². The van der Waals surface area contributed by atoms with E-state index in [4.69, 9.17) is 27.9 Å². The smallest absolute Gasteiger partial charge is 0.348 e. The molecule has 3 rings (SSSR count). The van der Waals surface area contributed by atoms with E-state index in [1.54, 1.807) is 18.2 Å². The van der Waals surface area contributed by atoms with Crippen LogP contribution in [0.2, 0.25) is 10.0 Å². The van der Waals surface area contributed by atoms with Gasteiger partial charge in [-0.05, 0) is 43.0 Å². The van der Waals surface area contributed by atoms with Crippen molar-refractivity contribution in [2.75, 3.05) is 11.9 Å². The van der Waals surface area contributed by atoms with Crippen LogP contribution in [0.5, 0.6) is 0 Å². The van der Waals surface area contributed by atoms with Gasteiger partial charge in [0, 0.05) is 4.88 Å². The summed E-state index contributed by atoms with van der Waals surface area (Å²) < 4.78 is 5.05. The van der Waals surface area contributed by atoms with E-state index in [0.29, 0.717) is 20.6 Å². The average Bonchev–Trinajstić information content (AvgIpc) is 3.10. The number of thiophene rings is 1. The predicted molar refractivity (Wildman–Crippen MR) is 91.7 cm³/mol. The van der Waals surface area contributed by atoms with Gasteiger partial charge in [-0.3, -0.25) is 4.79 Å². The maximum absolute atomic E-state index is 12.0. The summed E-state index contributed by atoms with van der Waals surface area (Å²) in [5.41, 5.74) is 1.53. The fourth-order valence-corrected chi connectivity index (χ4v) is 4.06. The lowest BCUT2D eigenvalue weighted by Gasteiger charge is -2.09. The molecule has 1 aromatic carbocycles. The van der Waals surface area contributed by atoms with E-state index in [-0.39, 0.29) is 6.61 Å². The highest BCUT2D eigenvalue weighted by Crippen LogP contribution is 2.31. The normalized spacial score (nSPS) is 12.8. The van der Waals surface area contributed by atoms with Crippen LogP contribution in [-0.4, -0.2) is 18.5 Å². The summed E-state index contributed by atoms with van der Waals surface area (Å²) in [6.07, 6.45) is 3.15. The molecule has 0 atom stereocenters. The largest absolute Gasteiger partial charge is 0.451 e. The number of carbonyl (C=O) groups is 2. The highest BCUT2D eigenvalue weighted by atomic mass is 35.5. The van der Waals surface area contributed by atoms with E-state index in [0.717, 1.165) is 19.3 Å². The van der Waals surface area contributed by atoms with E-state index >= 15 is 0 Å². The van der Waals surface area contributed by atoms with E-state index in [2.05, 4.69) is 5.32 Å². The first kappa shape index (κ1) is 16.3. The van der Waals surface area contributed by atoms with Crippen LogP contribution in [0.3, 0.4) is 0 Å². The third-order valence-corrected chi connectivity index (χ3v) is 5.36. The number of amides is 1. The zero-order valence-electron chi connectivity index (χ0n) is 12.0. The summed E-state index contributed by atoms with van der Waals surface area (Å²) >= 11 is 13.4. The summed E-state index contributed by atoms with van der Waals surface area (Å²) in [5.74, 6) is -0.970. The molecule has 1 N–H and O–H groups in total. The Morgan fingerprint density at radius 1 is 1.22 bits per heavy atom. The van der Waals surface area contributed by atoms with Gasteiger partial charge in [-0.15, -0.1) is 11.3 Å². The fourth-order valence-electron chi connectivity index (χ4n) is 2.42. The van der Waals surface area contributed by atoms with Crippen LogP contribution in [0.25, 0.3) is 0 Å². The summed E-state index contributed by atoms with van der Waals surface area (Å²) in [6, 6.07) is 6.76. The Kier molecular flexibility index (Phi) is 4.90. The Labute approximate surface area is 147 Å². The Hall–Kier alpha value is -1.56. The van der Waals surface area contributed by atoms with Gasteiger partial charge in [0.25, 0.3) is 5.91 Å². The molecule has 0 unspecified atom stereocenters. The second-order valence-electron chi connectivity index (χ2n) is 5.13. The van der Waals surface area contributed by atoms with E-state index in [1.807, 2.05) is 6.07 Å². The van der Waals surface area contributed by atoms with Crippen LogP contribution in [-0.2, 0) is 22.4 Å². The minimum atomic E-state index is -0.488. The quantitative estimate of drug-likeness (QED) is 0.815. The molecule has 1 amide bonds. The molecule has 2 aromatic rings. The molecular formula is C16H13Cl2NO3S. The fraction of sp³-hybridized carbons (Fsp3) is 0.250. The lowest BCUT2D eigenvalue weighted by atomic mass is 10.2. The monoisotopic (exact) mass is 369 g/mol. The first-order valence-corrected chi connectivity index (χ1v) is 8.64. The Morgan fingerprint density at radius 3 is 2.65 bits per heavy atom. The van der Waals surface area contributed by atoms with Gasteiger partial charge in [-0.25, -0.2) is 4.79 Å². The van der Waals surface area contributed by atoms with Crippen molar-refractivity contribution < 1.29 is 14.3 Å². The molecule has 0 fully saturated rings. The minimum absolute atomic E-state index is 0.312. The highest BCUT2D eigenvalue weighted by molar-refractivity contribution is 7.14. The van der Waals surface area contributed by atoms with Crippen molar-refractivity contribution >= 4 is 52.1 Å². The lowest BCUT2D eigenvalue weighted by molar-refractivity contribution is -0.119. The zero-order chi connectivity index (χ0) is 16.4. The summed E-state index contributed by atoms with van der Waals surface area (Å²) in [5, 5.41) is 3.20. The Morgan fingerprint density at radius 2 is 1.96 bits per heavy atom. The zero-order valence-corrected chi connectivity index (χ0v) is 14.4. The molecule has 0 saturated carbocycles. The number of carbonyl (C=O) groups excluding carboxylic acids is 2. The number of hydrogen-bond acceptors (Lipinski definition) is 4. The molecule has 0 bridgehead atoms. The van der Waals surface area contributed by atoms with E-state index < -0.39 is 11.9 Å². The van der Waals surface area contributed by atoms with Crippen molar-refractivity contribution in [3.63, 3.8) is 0 Å². The molecule has 0 saturated heterocycles. The highest BCUT2D eigenvalue weighted by Gasteiger charge is 2.20. The topological polar surface area (TPSA) is 55.4 Å². The number of ether oxygens (including phenoxy) is 1. The van der Waals surface area contributed by atoms with Gasteiger partial charge in [0.1, 0.15) is 4.88 Å². The average molecular weight is 370 g/mol. The van der Waals surface area contributed by atoms with Crippen molar-refractivity contribution in [3.8, 4) is 0 Å². The first-order valence-electron chi connectivity index (χ1n) is 7.07. The summed E-state index contributed by atoms with van der Waals surface area (Å²) in [6.45, 7) is -0.386. The molecule has 0 spiro atoms. The maximum Gasteiger partial charge on any atom is 0.348 e. The molecule has 0 aliphatic heterocycles. The molecule has 1 aromatic heterocycles. The SMILES string of the molecule is O=C(COC(=O)c1cc2c(s1)CCC2)Nc1c(Cl)cccc1Cl. The third-order valence-electron chi connectivity index (χ3n) is 3.51. The van der Waals surface area contributed by atoms with Crippen molar-refractivity contribution in [1.82, 2.24) is 0 Å².